The zero-order chi connectivity index (χ0) is 12.8. The van der Waals surface area contributed by atoms with E-state index in [9.17, 15) is 4.79 Å². The minimum Gasteiger partial charge on any atom is -0.338 e. The Bertz CT molecular complexity index is 383. The molecule has 1 aromatic carbocycles. The Kier molecular flexibility index (Phi) is 4.93. The zero-order valence-electron chi connectivity index (χ0n) is 10.8. The van der Waals surface area contributed by atoms with Gasteiger partial charge in [-0.25, -0.2) is 4.79 Å². The summed E-state index contributed by atoms with van der Waals surface area (Å²) in [5, 5.41) is 3.36. The van der Waals surface area contributed by atoms with E-state index in [-0.39, 0.29) is 6.03 Å². The van der Waals surface area contributed by atoms with Gasteiger partial charge in [-0.05, 0) is 12.0 Å². The van der Waals surface area contributed by atoms with Crippen LogP contribution in [-0.2, 0) is 0 Å². The third kappa shape index (κ3) is 3.42. The number of carbonyl (C=O) groups excluding carboxylic acids is 1. The minimum atomic E-state index is 0.0816. The Morgan fingerprint density at radius 3 is 2.94 bits per heavy atom. The van der Waals surface area contributed by atoms with Gasteiger partial charge in [0.2, 0.25) is 0 Å². The molecule has 1 heterocycles. The summed E-state index contributed by atoms with van der Waals surface area (Å²) < 4.78 is 0. The van der Waals surface area contributed by atoms with Gasteiger partial charge in [0, 0.05) is 30.6 Å². The van der Waals surface area contributed by atoms with Crippen LogP contribution in [0.3, 0.4) is 0 Å². The standard InChI is InChI=1S/C14H20N2OS/c1-2-8-15-14(17)16-9-10-18-13(11-16)12-6-4-3-5-7-12/h3-7,13H,2,8-11H2,1H3,(H,15,17). The highest BCUT2D eigenvalue weighted by atomic mass is 32.2. The Hall–Kier alpha value is -1.16. The fourth-order valence-electron chi connectivity index (χ4n) is 2.05. The number of benzene rings is 1. The Morgan fingerprint density at radius 1 is 1.44 bits per heavy atom. The van der Waals surface area contributed by atoms with Crippen LogP contribution in [0.1, 0.15) is 24.2 Å². The molecule has 0 aliphatic carbocycles. The average Bonchev–Trinajstić information content (AvgIpc) is 2.46. The average molecular weight is 264 g/mol. The lowest BCUT2D eigenvalue weighted by molar-refractivity contribution is 0.199. The second kappa shape index (κ2) is 6.69. The van der Waals surface area contributed by atoms with Crippen LogP contribution < -0.4 is 5.32 Å². The van der Waals surface area contributed by atoms with Crippen LogP contribution in [0.4, 0.5) is 4.79 Å². The third-order valence-electron chi connectivity index (χ3n) is 3.05. The van der Waals surface area contributed by atoms with Crippen LogP contribution in [-0.4, -0.2) is 36.3 Å². The summed E-state index contributed by atoms with van der Waals surface area (Å²) in [5.41, 5.74) is 1.32. The third-order valence-corrected chi connectivity index (χ3v) is 4.29. The summed E-state index contributed by atoms with van der Waals surface area (Å²) in [7, 11) is 0. The van der Waals surface area contributed by atoms with Crippen molar-refractivity contribution >= 4 is 17.8 Å². The van der Waals surface area contributed by atoms with Gasteiger partial charge >= 0.3 is 6.03 Å². The number of hydrogen-bond donors (Lipinski definition) is 1. The molecule has 1 atom stereocenters. The van der Waals surface area contributed by atoms with Gasteiger partial charge in [0.25, 0.3) is 0 Å². The molecule has 4 heteroatoms. The molecule has 0 bridgehead atoms. The molecule has 0 saturated carbocycles. The lowest BCUT2D eigenvalue weighted by Gasteiger charge is -2.32. The number of amides is 2. The smallest absolute Gasteiger partial charge is 0.317 e. The predicted octanol–water partition coefficient (Wildman–Crippen LogP) is 2.90. The Labute approximate surface area is 113 Å². The zero-order valence-corrected chi connectivity index (χ0v) is 11.6. The van der Waals surface area contributed by atoms with E-state index in [4.69, 9.17) is 0 Å². The van der Waals surface area contributed by atoms with Crippen LogP contribution in [0.15, 0.2) is 30.3 Å². The van der Waals surface area contributed by atoms with E-state index in [0.29, 0.717) is 5.25 Å². The molecule has 1 unspecified atom stereocenters. The first-order valence-electron chi connectivity index (χ1n) is 6.50. The van der Waals surface area contributed by atoms with E-state index in [1.807, 2.05) is 22.7 Å². The molecule has 0 aromatic heterocycles. The number of nitrogens with one attached hydrogen (secondary N) is 1. The Balaban J connectivity index is 1.94. The highest BCUT2D eigenvalue weighted by Gasteiger charge is 2.24. The quantitative estimate of drug-likeness (QED) is 0.910. The van der Waals surface area contributed by atoms with Crippen LogP contribution in [0.5, 0.6) is 0 Å². The predicted molar refractivity (Wildman–Crippen MR) is 76.9 cm³/mol. The van der Waals surface area contributed by atoms with E-state index >= 15 is 0 Å². The number of nitrogens with zero attached hydrogens (tertiary/aromatic N) is 1. The molecule has 1 saturated heterocycles. The largest absolute Gasteiger partial charge is 0.338 e. The molecule has 1 aliphatic rings. The van der Waals surface area contributed by atoms with Crippen molar-refractivity contribution in [3.8, 4) is 0 Å². The van der Waals surface area contributed by atoms with Crippen LogP contribution in [0.2, 0.25) is 0 Å². The fourth-order valence-corrected chi connectivity index (χ4v) is 3.29. The first kappa shape index (κ1) is 13.3. The van der Waals surface area contributed by atoms with Gasteiger partial charge in [-0.2, -0.15) is 11.8 Å². The molecule has 2 rings (SSSR count). The van der Waals surface area contributed by atoms with Crippen LogP contribution in [0, 0.1) is 0 Å². The van der Waals surface area contributed by atoms with Crippen LogP contribution >= 0.6 is 11.8 Å². The normalized spacial score (nSPS) is 19.6. The summed E-state index contributed by atoms with van der Waals surface area (Å²) in [6, 6.07) is 10.5. The monoisotopic (exact) mass is 264 g/mol. The molecule has 1 N–H and O–H groups in total. The number of rotatable bonds is 3. The van der Waals surface area contributed by atoms with Gasteiger partial charge in [0.15, 0.2) is 0 Å². The summed E-state index contributed by atoms with van der Waals surface area (Å²) >= 11 is 1.94. The number of urea groups is 1. The molecule has 1 aromatic rings. The molecule has 1 aliphatic heterocycles. The molecule has 18 heavy (non-hydrogen) atoms. The van der Waals surface area contributed by atoms with E-state index in [1.165, 1.54) is 5.56 Å². The fraction of sp³-hybridized carbons (Fsp3) is 0.500. The van der Waals surface area contributed by atoms with Gasteiger partial charge in [0.1, 0.15) is 0 Å². The van der Waals surface area contributed by atoms with Crippen molar-refractivity contribution in [3.63, 3.8) is 0 Å². The number of hydrogen-bond acceptors (Lipinski definition) is 2. The molecular formula is C14H20N2OS. The Morgan fingerprint density at radius 2 is 2.22 bits per heavy atom. The molecule has 98 valence electrons. The first-order valence-corrected chi connectivity index (χ1v) is 7.55. The molecular weight excluding hydrogens is 244 g/mol. The lowest BCUT2D eigenvalue weighted by Crippen LogP contribution is -2.45. The van der Waals surface area contributed by atoms with E-state index < -0.39 is 0 Å². The van der Waals surface area contributed by atoms with E-state index in [0.717, 1.165) is 31.8 Å². The van der Waals surface area contributed by atoms with Crippen molar-refractivity contribution in [2.45, 2.75) is 18.6 Å². The first-order chi connectivity index (χ1) is 8.81. The molecule has 1 fully saturated rings. The maximum atomic E-state index is 11.9. The van der Waals surface area contributed by atoms with Gasteiger partial charge in [-0.3, -0.25) is 0 Å². The van der Waals surface area contributed by atoms with Crippen LogP contribution in [0.25, 0.3) is 0 Å². The maximum Gasteiger partial charge on any atom is 0.317 e. The minimum absolute atomic E-state index is 0.0816. The SMILES string of the molecule is CCCNC(=O)N1CCSC(c2ccccc2)C1. The second-order valence-electron chi connectivity index (χ2n) is 4.45. The van der Waals surface area contributed by atoms with Gasteiger partial charge in [-0.15, -0.1) is 0 Å². The molecule has 0 radical (unpaired) electrons. The highest BCUT2D eigenvalue weighted by Crippen LogP contribution is 2.32. The number of carbonyl (C=O) groups is 1. The summed E-state index contributed by atoms with van der Waals surface area (Å²) in [6.07, 6.45) is 0.983. The van der Waals surface area contributed by atoms with Crippen molar-refractivity contribution in [2.75, 3.05) is 25.4 Å². The van der Waals surface area contributed by atoms with E-state index in [2.05, 4.69) is 36.5 Å². The highest BCUT2D eigenvalue weighted by molar-refractivity contribution is 7.99. The summed E-state index contributed by atoms with van der Waals surface area (Å²) in [5.74, 6) is 1.01. The lowest BCUT2D eigenvalue weighted by atomic mass is 10.1. The van der Waals surface area contributed by atoms with Crippen molar-refractivity contribution in [3.05, 3.63) is 35.9 Å². The van der Waals surface area contributed by atoms with Crippen molar-refractivity contribution in [1.29, 1.82) is 0 Å². The van der Waals surface area contributed by atoms with E-state index in [1.54, 1.807) is 0 Å². The molecule has 2 amide bonds. The summed E-state index contributed by atoms with van der Waals surface area (Å²) in [6.45, 7) is 4.49. The molecule has 0 spiro atoms. The van der Waals surface area contributed by atoms with Crippen molar-refractivity contribution < 1.29 is 4.79 Å². The van der Waals surface area contributed by atoms with Gasteiger partial charge in [-0.1, -0.05) is 37.3 Å². The van der Waals surface area contributed by atoms with Gasteiger partial charge in [0.05, 0.1) is 0 Å². The topological polar surface area (TPSA) is 32.3 Å². The maximum absolute atomic E-state index is 11.9. The number of thioether (sulfide) groups is 1. The van der Waals surface area contributed by atoms with Crippen molar-refractivity contribution in [1.82, 2.24) is 10.2 Å². The van der Waals surface area contributed by atoms with Crippen molar-refractivity contribution in [2.24, 2.45) is 0 Å². The van der Waals surface area contributed by atoms with Gasteiger partial charge < -0.3 is 10.2 Å². The molecule has 3 nitrogen and oxygen atoms in total. The second-order valence-corrected chi connectivity index (χ2v) is 5.76. The summed E-state index contributed by atoms with van der Waals surface area (Å²) in [4.78, 5) is 13.9.